The number of benzene rings is 3. The average molecular weight is 509 g/mol. The van der Waals surface area contributed by atoms with Crippen LogP contribution in [0, 0.1) is 18.8 Å². The van der Waals surface area contributed by atoms with Gasteiger partial charge in [-0.3, -0.25) is 19.7 Å². The van der Waals surface area contributed by atoms with E-state index in [-0.39, 0.29) is 17.1 Å². The first kappa shape index (κ1) is 23.5. The van der Waals surface area contributed by atoms with E-state index in [1.54, 1.807) is 6.07 Å². The summed E-state index contributed by atoms with van der Waals surface area (Å²) in [6, 6.07) is 20.5. The lowest BCUT2D eigenvalue weighted by molar-refractivity contribution is -0.148. The van der Waals surface area contributed by atoms with Gasteiger partial charge in [-0.05, 0) is 36.2 Å². The first-order chi connectivity index (χ1) is 16.7. The van der Waals surface area contributed by atoms with E-state index in [4.69, 9.17) is 23.2 Å². The minimum Gasteiger partial charge on any atom is -0.480 e. The van der Waals surface area contributed by atoms with Crippen molar-refractivity contribution in [3.63, 3.8) is 0 Å². The van der Waals surface area contributed by atoms with Crippen LogP contribution in [0.15, 0.2) is 72.8 Å². The summed E-state index contributed by atoms with van der Waals surface area (Å²) in [5.74, 6) is -4.32. The zero-order valence-corrected chi connectivity index (χ0v) is 20.3. The minimum absolute atomic E-state index is 0.0356. The molecule has 0 aliphatic carbocycles. The molecule has 8 heteroatoms. The number of carbonyl (C=O) groups excluding carboxylic acids is 2. The van der Waals surface area contributed by atoms with E-state index in [0.717, 1.165) is 21.6 Å². The van der Waals surface area contributed by atoms with Gasteiger partial charge in [0.15, 0.2) is 0 Å². The van der Waals surface area contributed by atoms with Crippen LogP contribution in [0.5, 0.6) is 0 Å². The highest BCUT2D eigenvalue weighted by molar-refractivity contribution is 6.38. The van der Waals surface area contributed by atoms with Crippen LogP contribution < -0.4 is 10.2 Å². The summed E-state index contributed by atoms with van der Waals surface area (Å²) >= 11 is 12.4. The molecule has 4 atom stereocenters. The number of fused-ring (bicyclic) bond motifs is 1. The Morgan fingerprint density at radius 1 is 1.00 bits per heavy atom. The van der Waals surface area contributed by atoms with E-state index in [2.05, 4.69) is 5.32 Å². The van der Waals surface area contributed by atoms with E-state index < -0.39 is 41.2 Å². The number of rotatable bonds is 5. The van der Waals surface area contributed by atoms with Gasteiger partial charge in [-0.25, -0.2) is 4.90 Å². The number of aliphatic carboxylic acids is 1. The van der Waals surface area contributed by atoms with Crippen LogP contribution in [0.25, 0.3) is 0 Å². The number of aryl methyl sites for hydroxylation is 1. The lowest BCUT2D eigenvalue weighted by atomic mass is 9.76. The molecule has 2 heterocycles. The number of carboxylic acid groups (broad SMARTS) is 1. The lowest BCUT2D eigenvalue weighted by Crippen LogP contribution is -2.57. The van der Waals surface area contributed by atoms with Crippen molar-refractivity contribution in [2.75, 3.05) is 4.90 Å². The molecule has 0 saturated carbocycles. The minimum atomic E-state index is -1.69. The van der Waals surface area contributed by atoms with Gasteiger partial charge in [0.1, 0.15) is 5.54 Å². The molecule has 2 aliphatic rings. The van der Waals surface area contributed by atoms with Crippen LogP contribution >= 0.6 is 23.2 Å². The van der Waals surface area contributed by atoms with Crippen molar-refractivity contribution in [3.8, 4) is 0 Å². The van der Waals surface area contributed by atoms with Crippen LogP contribution in [0.2, 0.25) is 10.0 Å². The van der Waals surface area contributed by atoms with Crippen molar-refractivity contribution >= 4 is 46.7 Å². The van der Waals surface area contributed by atoms with E-state index in [9.17, 15) is 19.5 Å². The molecule has 6 nitrogen and oxygen atoms in total. The summed E-state index contributed by atoms with van der Waals surface area (Å²) in [5, 5.41) is 14.3. The number of carbonyl (C=O) groups is 3. The van der Waals surface area contributed by atoms with Crippen molar-refractivity contribution in [2.24, 2.45) is 11.8 Å². The van der Waals surface area contributed by atoms with Crippen molar-refractivity contribution in [1.82, 2.24) is 5.32 Å². The van der Waals surface area contributed by atoms with E-state index in [1.807, 2.05) is 61.5 Å². The SMILES string of the molecule is Cc1ccc([C@@H]2N[C@](Cc3ccccc3)(C(=O)O)[C@@H]3C(=O)N(c4ccc(Cl)cc4Cl)C(=O)[C@@H]32)cc1. The number of imide groups is 1. The third kappa shape index (κ3) is 3.82. The molecule has 3 aromatic carbocycles. The quantitative estimate of drug-likeness (QED) is 0.482. The van der Waals surface area contributed by atoms with Crippen molar-refractivity contribution in [1.29, 1.82) is 0 Å². The summed E-state index contributed by atoms with van der Waals surface area (Å²) < 4.78 is 0. The lowest BCUT2D eigenvalue weighted by Gasteiger charge is -2.31. The standard InChI is InChI=1S/C27H22Cl2N2O4/c1-15-7-9-17(10-8-15)23-21-22(27(30-23,26(34)35)14-16-5-3-2-4-6-16)25(33)31(24(21)32)20-12-11-18(28)13-19(20)29/h2-13,21-23,30H,14H2,1H3,(H,34,35)/t21-,22-,23-,27-/m0/s1. The predicted octanol–water partition coefficient (Wildman–Crippen LogP) is 4.82. The highest BCUT2D eigenvalue weighted by atomic mass is 35.5. The number of anilines is 1. The van der Waals surface area contributed by atoms with Crippen LogP contribution in [-0.4, -0.2) is 28.4 Å². The molecule has 178 valence electrons. The molecule has 2 N–H and O–H groups in total. The highest BCUT2D eigenvalue weighted by Gasteiger charge is 2.68. The fraction of sp³-hybridized carbons (Fsp3) is 0.222. The molecule has 3 aromatic rings. The first-order valence-corrected chi connectivity index (χ1v) is 11.9. The maximum atomic E-state index is 13.9. The summed E-state index contributed by atoms with van der Waals surface area (Å²) in [7, 11) is 0. The van der Waals surface area contributed by atoms with E-state index >= 15 is 0 Å². The molecule has 0 radical (unpaired) electrons. The summed E-state index contributed by atoms with van der Waals surface area (Å²) in [5.41, 5.74) is 1.02. The zero-order valence-electron chi connectivity index (χ0n) is 18.7. The molecule has 5 rings (SSSR count). The van der Waals surface area contributed by atoms with Gasteiger partial charge in [0, 0.05) is 17.5 Å². The van der Waals surface area contributed by atoms with Crippen molar-refractivity contribution in [3.05, 3.63) is 99.5 Å². The average Bonchev–Trinajstić information content (AvgIpc) is 3.30. The third-order valence-corrected chi connectivity index (χ3v) is 7.49. The first-order valence-electron chi connectivity index (χ1n) is 11.2. The van der Waals surface area contributed by atoms with E-state index in [0.29, 0.717) is 5.02 Å². The van der Waals surface area contributed by atoms with Crippen LogP contribution in [0.3, 0.4) is 0 Å². The summed E-state index contributed by atoms with van der Waals surface area (Å²) in [6.45, 7) is 1.94. The number of nitrogens with zero attached hydrogens (tertiary/aromatic N) is 1. The highest BCUT2D eigenvalue weighted by Crippen LogP contribution is 2.51. The second-order valence-electron chi connectivity index (χ2n) is 9.08. The number of hydrogen-bond acceptors (Lipinski definition) is 4. The van der Waals surface area contributed by atoms with Gasteiger partial charge in [0.2, 0.25) is 11.8 Å². The Balaban J connectivity index is 1.67. The van der Waals surface area contributed by atoms with Gasteiger partial charge in [0.25, 0.3) is 0 Å². The molecular weight excluding hydrogens is 487 g/mol. The predicted molar refractivity (Wildman–Crippen MR) is 134 cm³/mol. The number of halogens is 2. The van der Waals surface area contributed by atoms with Gasteiger partial charge >= 0.3 is 5.97 Å². The van der Waals surface area contributed by atoms with Gasteiger partial charge in [0.05, 0.1) is 22.5 Å². The topological polar surface area (TPSA) is 86.7 Å². The number of hydrogen-bond donors (Lipinski definition) is 2. The van der Waals surface area contributed by atoms with Crippen LogP contribution in [-0.2, 0) is 20.8 Å². The van der Waals surface area contributed by atoms with Crippen molar-refractivity contribution in [2.45, 2.75) is 24.9 Å². The Morgan fingerprint density at radius 2 is 1.69 bits per heavy atom. The Hall–Kier alpha value is -3.19. The largest absolute Gasteiger partial charge is 0.480 e. The number of amides is 2. The van der Waals surface area contributed by atoms with Gasteiger partial charge < -0.3 is 5.11 Å². The Labute approximate surface area is 212 Å². The second-order valence-corrected chi connectivity index (χ2v) is 9.93. The van der Waals surface area contributed by atoms with E-state index in [1.165, 1.54) is 12.1 Å². The van der Waals surface area contributed by atoms with Gasteiger partial charge in [-0.2, -0.15) is 0 Å². The van der Waals surface area contributed by atoms with Gasteiger partial charge in [-0.15, -0.1) is 0 Å². The smallest absolute Gasteiger partial charge is 0.325 e. The fourth-order valence-corrected chi connectivity index (χ4v) is 5.81. The summed E-state index contributed by atoms with van der Waals surface area (Å²) in [4.78, 5) is 41.7. The molecule has 0 aromatic heterocycles. The molecule has 2 aliphatic heterocycles. The monoisotopic (exact) mass is 508 g/mol. The normalized spacial score (nSPS) is 25.7. The molecular formula is C27H22Cl2N2O4. The van der Waals surface area contributed by atoms with Crippen LogP contribution in [0.4, 0.5) is 5.69 Å². The van der Waals surface area contributed by atoms with Gasteiger partial charge in [-0.1, -0.05) is 83.4 Å². The Morgan fingerprint density at radius 3 is 2.31 bits per heavy atom. The molecule has 0 bridgehead atoms. The molecule has 2 saturated heterocycles. The molecule has 2 amide bonds. The molecule has 2 fully saturated rings. The fourth-order valence-electron chi connectivity index (χ4n) is 5.32. The Kier molecular flexibility index (Phi) is 5.91. The summed E-state index contributed by atoms with van der Waals surface area (Å²) in [6.07, 6.45) is 0.0356. The molecule has 0 spiro atoms. The number of nitrogens with one attached hydrogen (secondary N) is 1. The number of carboxylic acids is 1. The Bertz CT molecular complexity index is 1330. The maximum Gasteiger partial charge on any atom is 0.325 e. The maximum absolute atomic E-state index is 13.9. The molecule has 35 heavy (non-hydrogen) atoms. The zero-order chi connectivity index (χ0) is 24.9. The third-order valence-electron chi connectivity index (χ3n) is 6.95. The van der Waals surface area contributed by atoms with Crippen LogP contribution in [0.1, 0.15) is 22.7 Å². The molecule has 0 unspecified atom stereocenters. The second kappa shape index (κ2) is 8.79. The van der Waals surface area contributed by atoms with Crippen molar-refractivity contribution < 1.29 is 19.5 Å².